The first-order chi connectivity index (χ1) is 14.3. The van der Waals surface area contributed by atoms with E-state index < -0.39 is 31.5 Å². The van der Waals surface area contributed by atoms with Crippen molar-refractivity contribution < 1.29 is 22.9 Å². The Labute approximate surface area is 177 Å². The smallest absolute Gasteiger partial charge is 0.341 e. The fourth-order valence-corrected chi connectivity index (χ4v) is 5.34. The predicted octanol–water partition coefficient (Wildman–Crippen LogP) is 4.47. The number of anilines is 1. The maximum Gasteiger partial charge on any atom is 0.341 e. The van der Waals surface area contributed by atoms with Crippen molar-refractivity contribution in [3.63, 3.8) is 0 Å². The maximum atomic E-state index is 12.9. The van der Waals surface area contributed by atoms with Gasteiger partial charge in [-0.3, -0.25) is 14.8 Å². The molecule has 156 valence electrons. The van der Waals surface area contributed by atoms with E-state index in [9.17, 15) is 23.3 Å². The van der Waals surface area contributed by atoms with E-state index in [-0.39, 0.29) is 10.6 Å². The number of sulfonamides is 1. The summed E-state index contributed by atoms with van der Waals surface area (Å²) in [5.74, 6) is -0.717. The van der Waals surface area contributed by atoms with Gasteiger partial charge in [0.1, 0.15) is 10.6 Å². The largest absolute Gasteiger partial charge is 0.465 e. The highest BCUT2D eigenvalue weighted by Crippen LogP contribution is 2.38. The summed E-state index contributed by atoms with van der Waals surface area (Å²) in [4.78, 5) is 22.4. The average Bonchev–Trinajstić information content (AvgIpc) is 3.16. The number of nitrogens with one attached hydrogen (secondary N) is 1. The van der Waals surface area contributed by atoms with Crippen molar-refractivity contribution in [3.8, 4) is 11.1 Å². The second-order valence-electron chi connectivity index (χ2n) is 6.23. The number of esters is 1. The first-order valence-corrected chi connectivity index (χ1v) is 11.2. The molecular weight excluding hydrogens is 428 g/mol. The predicted molar refractivity (Wildman–Crippen MR) is 114 cm³/mol. The third kappa shape index (κ3) is 4.19. The molecule has 0 aliphatic carbocycles. The van der Waals surface area contributed by atoms with Gasteiger partial charge in [-0.05, 0) is 23.6 Å². The van der Waals surface area contributed by atoms with Crippen LogP contribution in [0.3, 0.4) is 0 Å². The highest BCUT2D eigenvalue weighted by molar-refractivity contribution is 7.93. The highest BCUT2D eigenvalue weighted by Gasteiger charge is 2.29. The Morgan fingerprint density at radius 2 is 1.83 bits per heavy atom. The fourth-order valence-electron chi connectivity index (χ4n) is 2.88. The number of carbonyl (C=O) groups is 1. The van der Waals surface area contributed by atoms with Crippen molar-refractivity contribution in [1.82, 2.24) is 0 Å². The van der Waals surface area contributed by atoms with E-state index in [0.29, 0.717) is 5.56 Å². The fraction of sp³-hybridized carbons (Fsp3) is 0.150. The molecule has 0 amide bonds. The van der Waals surface area contributed by atoms with Crippen LogP contribution in [-0.4, -0.2) is 26.4 Å². The van der Waals surface area contributed by atoms with Crippen molar-refractivity contribution in [2.75, 3.05) is 11.8 Å². The number of thiophene rings is 1. The Kier molecular flexibility index (Phi) is 6.18. The number of para-hydroxylation sites is 1. The quantitative estimate of drug-likeness (QED) is 0.325. The molecule has 0 saturated heterocycles. The van der Waals surface area contributed by atoms with Gasteiger partial charge < -0.3 is 4.74 Å². The van der Waals surface area contributed by atoms with E-state index in [1.165, 1.54) is 19.2 Å². The lowest BCUT2D eigenvalue weighted by Crippen LogP contribution is -2.16. The minimum atomic E-state index is -4.32. The van der Waals surface area contributed by atoms with Gasteiger partial charge >= 0.3 is 5.97 Å². The third-order valence-electron chi connectivity index (χ3n) is 4.43. The summed E-state index contributed by atoms with van der Waals surface area (Å²) < 4.78 is 32.9. The standard InChI is InChI=1S/C20H18N2O6S2/c1-3-13-8-10-14(11-9-13)15-12-29-19(18(15)20(23)28-2)21-30(26,27)17-7-5-4-6-16(17)22(24)25/h4-12,21H,3H2,1-2H3. The van der Waals surface area contributed by atoms with Crippen molar-refractivity contribution in [1.29, 1.82) is 0 Å². The Balaban J connectivity index is 2.07. The molecule has 2 aromatic carbocycles. The number of ether oxygens (including phenoxy) is 1. The van der Waals surface area contributed by atoms with Crippen LogP contribution in [0.5, 0.6) is 0 Å². The molecule has 0 radical (unpaired) electrons. The number of nitrogens with zero attached hydrogens (tertiary/aromatic N) is 1. The number of nitro groups is 1. The van der Waals surface area contributed by atoms with Crippen molar-refractivity contribution in [2.45, 2.75) is 18.2 Å². The summed E-state index contributed by atoms with van der Waals surface area (Å²) >= 11 is 0.999. The number of methoxy groups -OCH3 is 1. The molecule has 0 aliphatic rings. The van der Waals surface area contributed by atoms with Crippen LogP contribution >= 0.6 is 11.3 Å². The first kappa shape index (κ1) is 21.5. The zero-order chi connectivity index (χ0) is 21.9. The molecule has 0 aliphatic heterocycles. The second-order valence-corrected chi connectivity index (χ2v) is 8.76. The molecule has 3 aromatic rings. The number of rotatable bonds is 7. The summed E-state index contributed by atoms with van der Waals surface area (Å²) in [6.07, 6.45) is 0.856. The SMILES string of the molecule is CCc1ccc(-c2csc(NS(=O)(=O)c3ccccc3[N+](=O)[O-])c2C(=O)OC)cc1. The number of nitro benzene ring substituents is 1. The monoisotopic (exact) mass is 446 g/mol. The van der Waals surface area contributed by atoms with Gasteiger partial charge in [-0.1, -0.05) is 43.3 Å². The van der Waals surface area contributed by atoms with Crippen LogP contribution in [0, 0.1) is 10.1 Å². The zero-order valence-electron chi connectivity index (χ0n) is 16.1. The van der Waals surface area contributed by atoms with Gasteiger partial charge in [0.2, 0.25) is 0 Å². The second kappa shape index (κ2) is 8.64. The van der Waals surface area contributed by atoms with Gasteiger partial charge in [-0.25, -0.2) is 13.2 Å². The summed E-state index contributed by atoms with van der Waals surface area (Å²) in [6, 6.07) is 12.5. The summed E-state index contributed by atoms with van der Waals surface area (Å²) in [6.45, 7) is 2.02. The normalized spacial score (nSPS) is 11.1. The molecule has 0 bridgehead atoms. The summed E-state index contributed by atoms with van der Waals surface area (Å²) in [5.41, 5.74) is 1.84. The lowest BCUT2D eigenvalue weighted by Gasteiger charge is -2.10. The number of benzene rings is 2. The van der Waals surface area contributed by atoms with Crippen LogP contribution < -0.4 is 4.72 Å². The first-order valence-electron chi connectivity index (χ1n) is 8.83. The van der Waals surface area contributed by atoms with Gasteiger partial charge in [-0.15, -0.1) is 11.3 Å². The van der Waals surface area contributed by atoms with Crippen LogP contribution in [0.25, 0.3) is 11.1 Å². The molecule has 1 N–H and O–H groups in total. The topological polar surface area (TPSA) is 116 Å². The van der Waals surface area contributed by atoms with E-state index >= 15 is 0 Å². The van der Waals surface area contributed by atoms with Crippen molar-refractivity contribution >= 4 is 38.0 Å². The molecule has 8 nitrogen and oxygen atoms in total. The molecule has 0 spiro atoms. The van der Waals surface area contributed by atoms with Crippen molar-refractivity contribution in [3.05, 3.63) is 75.2 Å². The minimum Gasteiger partial charge on any atom is -0.465 e. The Morgan fingerprint density at radius 1 is 1.17 bits per heavy atom. The molecule has 1 heterocycles. The van der Waals surface area contributed by atoms with Crippen LogP contribution in [-0.2, 0) is 21.2 Å². The molecular formula is C20H18N2O6S2. The van der Waals surface area contributed by atoms with Gasteiger partial charge in [0, 0.05) is 17.0 Å². The van der Waals surface area contributed by atoms with E-state index in [1.54, 1.807) is 5.38 Å². The Bertz CT molecular complexity index is 1200. The van der Waals surface area contributed by atoms with Gasteiger partial charge in [0.15, 0.2) is 4.90 Å². The van der Waals surface area contributed by atoms with Crippen LogP contribution in [0.4, 0.5) is 10.7 Å². The molecule has 0 saturated carbocycles. The summed E-state index contributed by atoms with van der Waals surface area (Å²) in [7, 11) is -3.12. The number of aryl methyl sites for hydroxylation is 1. The van der Waals surface area contributed by atoms with Crippen molar-refractivity contribution in [2.24, 2.45) is 0 Å². The maximum absolute atomic E-state index is 12.9. The van der Waals surface area contributed by atoms with Crippen LogP contribution in [0.2, 0.25) is 0 Å². The zero-order valence-corrected chi connectivity index (χ0v) is 17.7. The molecule has 0 fully saturated rings. The highest BCUT2D eigenvalue weighted by atomic mass is 32.2. The van der Waals surface area contributed by atoms with Gasteiger partial charge in [0.05, 0.1) is 12.0 Å². The molecule has 30 heavy (non-hydrogen) atoms. The van der Waals surface area contributed by atoms with Gasteiger partial charge in [0.25, 0.3) is 15.7 Å². The van der Waals surface area contributed by atoms with Crippen LogP contribution in [0.1, 0.15) is 22.8 Å². The third-order valence-corrected chi connectivity index (χ3v) is 6.85. The molecule has 10 heteroatoms. The molecule has 1 aromatic heterocycles. The van der Waals surface area contributed by atoms with E-state index in [4.69, 9.17) is 4.74 Å². The van der Waals surface area contributed by atoms with E-state index in [0.717, 1.165) is 41.0 Å². The Hall–Kier alpha value is -3.24. The number of carbonyl (C=O) groups excluding carboxylic acids is 1. The van der Waals surface area contributed by atoms with Gasteiger partial charge in [-0.2, -0.15) is 0 Å². The number of hydrogen-bond donors (Lipinski definition) is 1. The molecule has 0 unspecified atom stereocenters. The summed E-state index contributed by atoms with van der Waals surface area (Å²) in [5, 5.41) is 12.9. The van der Waals surface area contributed by atoms with E-state index in [2.05, 4.69) is 4.72 Å². The number of hydrogen-bond acceptors (Lipinski definition) is 7. The van der Waals surface area contributed by atoms with E-state index in [1.807, 2.05) is 31.2 Å². The lowest BCUT2D eigenvalue weighted by molar-refractivity contribution is -0.387. The van der Waals surface area contributed by atoms with Crippen LogP contribution in [0.15, 0.2) is 58.8 Å². The molecule has 3 rings (SSSR count). The Morgan fingerprint density at radius 3 is 2.43 bits per heavy atom. The minimum absolute atomic E-state index is 0.0227. The lowest BCUT2D eigenvalue weighted by atomic mass is 10.0. The molecule has 0 atom stereocenters. The average molecular weight is 447 g/mol.